The fourth-order valence-electron chi connectivity index (χ4n) is 1.47. The largest absolute Gasteiger partial charge is 0.323 e. The molecular formula is C13H19FN2O. The van der Waals surface area contributed by atoms with Gasteiger partial charge in [-0.1, -0.05) is 26.0 Å². The van der Waals surface area contributed by atoms with Crippen molar-refractivity contribution in [3.05, 3.63) is 29.6 Å². The predicted molar refractivity (Wildman–Crippen MR) is 67.5 cm³/mol. The number of carbonyl (C=O) groups excluding carboxylic acids is 1. The van der Waals surface area contributed by atoms with E-state index in [0.29, 0.717) is 19.0 Å². The van der Waals surface area contributed by atoms with E-state index < -0.39 is 5.82 Å². The zero-order chi connectivity index (χ0) is 12.8. The van der Waals surface area contributed by atoms with Crippen molar-refractivity contribution in [2.24, 2.45) is 0 Å². The Balaban J connectivity index is 2.51. The summed E-state index contributed by atoms with van der Waals surface area (Å²) >= 11 is 0. The summed E-state index contributed by atoms with van der Waals surface area (Å²) in [6.45, 7) is 6.39. The molecule has 1 amide bonds. The molecule has 0 saturated carbocycles. The summed E-state index contributed by atoms with van der Waals surface area (Å²) < 4.78 is 13.4. The van der Waals surface area contributed by atoms with Gasteiger partial charge in [-0.15, -0.1) is 0 Å². The highest BCUT2D eigenvalue weighted by molar-refractivity contribution is 5.91. The maximum absolute atomic E-state index is 13.4. The van der Waals surface area contributed by atoms with Gasteiger partial charge < -0.3 is 10.6 Å². The van der Waals surface area contributed by atoms with E-state index in [0.717, 1.165) is 5.56 Å². The minimum atomic E-state index is -0.393. The second kappa shape index (κ2) is 6.35. The van der Waals surface area contributed by atoms with E-state index in [2.05, 4.69) is 10.6 Å². The van der Waals surface area contributed by atoms with Crippen LogP contribution in [0, 0.1) is 12.7 Å². The SMILES string of the molecule is Cc1cccc(F)c1NC(=O)CCNC(C)C. The molecule has 94 valence electrons. The van der Waals surface area contributed by atoms with Crippen LogP contribution < -0.4 is 10.6 Å². The van der Waals surface area contributed by atoms with Gasteiger partial charge in [0.2, 0.25) is 5.91 Å². The Morgan fingerprint density at radius 2 is 2.12 bits per heavy atom. The first-order valence-corrected chi connectivity index (χ1v) is 5.79. The van der Waals surface area contributed by atoms with Crippen molar-refractivity contribution in [1.82, 2.24) is 5.32 Å². The molecule has 0 radical (unpaired) electrons. The Labute approximate surface area is 101 Å². The molecule has 0 atom stereocenters. The first-order chi connectivity index (χ1) is 8.00. The number of nitrogens with one attached hydrogen (secondary N) is 2. The maximum atomic E-state index is 13.4. The lowest BCUT2D eigenvalue weighted by molar-refractivity contribution is -0.116. The second-order valence-electron chi connectivity index (χ2n) is 4.34. The van der Waals surface area contributed by atoms with Crippen LogP contribution in [-0.4, -0.2) is 18.5 Å². The van der Waals surface area contributed by atoms with Gasteiger partial charge in [0.25, 0.3) is 0 Å². The molecule has 1 rings (SSSR count). The third-order valence-electron chi connectivity index (χ3n) is 2.39. The lowest BCUT2D eigenvalue weighted by atomic mass is 10.2. The molecule has 3 nitrogen and oxygen atoms in total. The van der Waals surface area contributed by atoms with E-state index in [4.69, 9.17) is 0 Å². The Bertz CT molecular complexity index is 371. The average Bonchev–Trinajstić information content (AvgIpc) is 2.23. The Hall–Kier alpha value is -1.42. The highest BCUT2D eigenvalue weighted by atomic mass is 19.1. The number of rotatable bonds is 5. The predicted octanol–water partition coefficient (Wildman–Crippen LogP) is 2.46. The number of anilines is 1. The van der Waals surface area contributed by atoms with Gasteiger partial charge in [0.05, 0.1) is 5.69 Å². The molecular weight excluding hydrogens is 219 g/mol. The number of hydrogen-bond donors (Lipinski definition) is 2. The molecule has 17 heavy (non-hydrogen) atoms. The van der Waals surface area contributed by atoms with Gasteiger partial charge in [0.1, 0.15) is 5.82 Å². The molecule has 0 heterocycles. The first kappa shape index (κ1) is 13.6. The highest BCUT2D eigenvalue weighted by Gasteiger charge is 2.09. The van der Waals surface area contributed by atoms with Crippen LogP contribution in [0.15, 0.2) is 18.2 Å². The zero-order valence-corrected chi connectivity index (χ0v) is 10.5. The van der Waals surface area contributed by atoms with Crippen LogP contribution in [0.4, 0.5) is 10.1 Å². The summed E-state index contributed by atoms with van der Waals surface area (Å²) in [4.78, 5) is 11.6. The minimum Gasteiger partial charge on any atom is -0.323 e. The summed E-state index contributed by atoms with van der Waals surface area (Å²) in [5.41, 5.74) is 1.01. The van der Waals surface area contributed by atoms with Crippen molar-refractivity contribution in [2.45, 2.75) is 33.2 Å². The fraction of sp³-hybridized carbons (Fsp3) is 0.462. The van der Waals surface area contributed by atoms with Crippen molar-refractivity contribution < 1.29 is 9.18 Å². The van der Waals surface area contributed by atoms with E-state index in [1.807, 2.05) is 13.8 Å². The molecule has 0 unspecified atom stereocenters. The van der Waals surface area contributed by atoms with Crippen molar-refractivity contribution in [3.8, 4) is 0 Å². The van der Waals surface area contributed by atoms with Crippen molar-refractivity contribution in [1.29, 1.82) is 0 Å². The number of amides is 1. The molecule has 0 saturated heterocycles. The van der Waals surface area contributed by atoms with E-state index in [9.17, 15) is 9.18 Å². The second-order valence-corrected chi connectivity index (χ2v) is 4.34. The Morgan fingerprint density at radius 3 is 2.71 bits per heavy atom. The standard InChI is InChI=1S/C13H19FN2O/c1-9(2)15-8-7-12(17)16-13-10(3)5-4-6-11(13)14/h4-6,9,15H,7-8H2,1-3H3,(H,16,17). The highest BCUT2D eigenvalue weighted by Crippen LogP contribution is 2.18. The number of benzene rings is 1. The van der Waals surface area contributed by atoms with Gasteiger partial charge in [-0.2, -0.15) is 0 Å². The van der Waals surface area contributed by atoms with Crippen molar-refractivity contribution in [2.75, 3.05) is 11.9 Å². The molecule has 0 aliphatic carbocycles. The summed E-state index contributed by atoms with van der Waals surface area (Å²) in [5.74, 6) is -0.568. The van der Waals surface area contributed by atoms with Crippen molar-refractivity contribution in [3.63, 3.8) is 0 Å². The minimum absolute atomic E-state index is 0.175. The number of halogens is 1. The van der Waals surface area contributed by atoms with E-state index in [-0.39, 0.29) is 11.6 Å². The molecule has 0 aromatic heterocycles. The molecule has 0 spiro atoms. The summed E-state index contributed by atoms with van der Waals surface area (Å²) in [7, 11) is 0. The molecule has 0 fully saturated rings. The van der Waals surface area contributed by atoms with Gasteiger partial charge in [0.15, 0.2) is 0 Å². The van der Waals surface area contributed by atoms with Gasteiger partial charge in [-0.25, -0.2) is 4.39 Å². The van der Waals surface area contributed by atoms with Crippen LogP contribution in [0.5, 0.6) is 0 Å². The van der Waals surface area contributed by atoms with Gasteiger partial charge >= 0.3 is 0 Å². The third-order valence-corrected chi connectivity index (χ3v) is 2.39. The summed E-state index contributed by atoms with van der Waals surface area (Å²) in [5, 5.41) is 5.74. The van der Waals surface area contributed by atoms with Crippen LogP contribution in [0.3, 0.4) is 0 Å². The molecule has 0 bridgehead atoms. The topological polar surface area (TPSA) is 41.1 Å². The normalized spacial score (nSPS) is 10.6. The molecule has 2 N–H and O–H groups in total. The molecule has 4 heteroatoms. The van der Waals surface area contributed by atoms with E-state index in [1.54, 1.807) is 19.1 Å². The summed E-state index contributed by atoms with van der Waals surface area (Å²) in [6, 6.07) is 5.08. The number of carbonyl (C=O) groups is 1. The first-order valence-electron chi connectivity index (χ1n) is 5.79. The molecule has 1 aromatic carbocycles. The monoisotopic (exact) mass is 238 g/mol. The lowest BCUT2D eigenvalue weighted by Gasteiger charge is -2.10. The molecule has 0 aliphatic rings. The number of aryl methyl sites for hydroxylation is 1. The number of para-hydroxylation sites is 1. The Kier molecular flexibility index (Phi) is 5.10. The van der Waals surface area contributed by atoms with Crippen LogP contribution >= 0.6 is 0 Å². The summed E-state index contributed by atoms with van der Waals surface area (Å²) in [6.07, 6.45) is 0.339. The van der Waals surface area contributed by atoms with Crippen LogP contribution in [0.2, 0.25) is 0 Å². The van der Waals surface area contributed by atoms with Crippen LogP contribution in [0.25, 0.3) is 0 Å². The molecule has 0 aliphatic heterocycles. The maximum Gasteiger partial charge on any atom is 0.225 e. The third kappa shape index (κ3) is 4.53. The van der Waals surface area contributed by atoms with E-state index in [1.165, 1.54) is 6.07 Å². The van der Waals surface area contributed by atoms with Gasteiger partial charge in [0, 0.05) is 19.0 Å². The van der Waals surface area contributed by atoms with Crippen molar-refractivity contribution >= 4 is 11.6 Å². The lowest BCUT2D eigenvalue weighted by Crippen LogP contribution is -2.27. The molecule has 1 aromatic rings. The van der Waals surface area contributed by atoms with Gasteiger partial charge in [-0.3, -0.25) is 4.79 Å². The van der Waals surface area contributed by atoms with Gasteiger partial charge in [-0.05, 0) is 18.6 Å². The average molecular weight is 238 g/mol. The van der Waals surface area contributed by atoms with Crippen LogP contribution in [0.1, 0.15) is 25.8 Å². The number of hydrogen-bond acceptors (Lipinski definition) is 2. The van der Waals surface area contributed by atoms with Crippen LogP contribution in [-0.2, 0) is 4.79 Å². The quantitative estimate of drug-likeness (QED) is 0.827. The Morgan fingerprint density at radius 1 is 1.41 bits per heavy atom. The van der Waals surface area contributed by atoms with E-state index >= 15 is 0 Å². The fourth-order valence-corrected chi connectivity index (χ4v) is 1.47. The zero-order valence-electron chi connectivity index (χ0n) is 10.5. The smallest absolute Gasteiger partial charge is 0.225 e.